The molecule has 1 saturated heterocycles. The highest BCUT2D eigenvalue weighted by Gasteiger charge is 2.32. The minimum absolute atomic E-state index is 0.0390. The molecule has 0 saturated carbocycles. The molecule has 0 amide bonds. The van der Waals surface area contributed by atoms with Crippen LogP contribution in [0.5, 0.6) is 11.5 Å². The number of methoxy groups -OCH3 is 1. The number of sulfonamides is 1. The van der Waals surface area contributed by atoms with Gasteiger partial charge in [-0.05, 0) is 30.0 Å². The van der Waals surface area contributed by atoms with E-state index < -0.39 is 10.0 Å². The van der Waals surface area contributed by atoms with Crippen LogP contribution in [0.2, 0.25) is 0 Å². The number of ether oxygens (including phenoxy) is 3. The van der Waals surface area contributed by atoms with Crippen molar-refractivity contribution >= 4 is 10.0 Å². The van der Waals surface area contributed by atoms with Crippen molar-refractivity contribution in [2.24, 2.45) is 0 Å². The number of hydrogen-bond donors (Lipinski definition) is 0. The Morgan fingerprint density at radius 3 is 2.95 bits per heavy atom. The van der Waals surface area contributed by atoms with Gasteiger partial charge in [-0.3, -0.25) is 0 Å². The lowest BCUT2D eigenvalue weighted by atomic mass is 9.98. The molecule has 1 unspecified atom stereocenters. The van der Waals surface area contributed by atoms with E-state index in [1.54, 1.807) is 4.31 Å². The molecular weight excluding hydrogens is 294 g/mol. The Morgan fingerprint density at radius 2 is 2.14 bits per heavy atom. The van der Waals surface area contributed by atoms with Crippen molar-refractivity contribution < 1.29 is 22.6 Å². The van der Waals surface area contributed by atoms with Crippen LogP contribution in [0.15, 0.2) is 18.2 Å². The van der Waals surface area contributed by atoms with Gasteiger partial charge in [0.2, 0.25) is 16.8 Å². The van der Waals surface area contributed by atoms with Crippen LogP contribution >= 0.6 is 0 Å². The summed E-state index contributed by atoms with van der Waals surface area (Å²) in [6, 6.07) is 5.83. The molecule has 0 bridgehead atoms. The van der Waals surface area contributed by atoms with Gasteiger partial charge in [-0.2, -0.15) is 0 Å². The van der Waals surface area contributed by atoms with E-state index in [1.165, 1.54) is 7.11 Å². The van der Waals surface area contributed by atoms with Crippen LogP contribution in [0, 0.1) is 0 Å². The molecule has 2 aliphatic heterocycles. The zero-order chi connectivity index (χ0) is 14.9. The molecule has 116 valence electrons. The van der Waals surface area contributed by atoms with Crippen molar-refractivity contribution in [3.8, 4) is 11.5 Å². The molecule has 1 aromatic rings. The lowest BCUT2D eigenvalue weighted by Gasteiger charge is -2.16. The standard InChI is InChI=1S/C14H19NO5S/c1-18-6-7-21(16,17)15-5-4-12(9-15)11-2-3-13-14(8-11)20-10-19-13/h2-3,8,12H,4-7,9-10H2,1H3. The summed E-state index contributed by atoms with van der Waals surface area (Å²) in [5, 5.41) is 0. The first-order chi connectivity index (χ1) is 10.1. The Kier molecular flexibility index (Phi) is 4.05. The Hall–Kier alpha value is -1.31. The van der Waals surface area contributed by atoms with Gasteiger partial charge >= 0.3 is 0 Å². The van der Waals surface area contributed by atoms with Gasteiger partial charge in [0.1, 0.15) is 0 Å². The summed E-state index contributed by atoms with van der Waals surface area (Å²) in [7, 11) is -1.71. The van der Waals surface area contributed by atoms with Crippen molar-refractivity contribution in [3.63, 3.8) is 0 Å². The van der Waals surface area contributed by atoms with E-state index in [9.17, 15) is 8.42 Å². The lowest BCUT2D eigenvalue weighted by Crippen LogP contribution is -2.32. The smallest absolute Gasteiger partial charge is 0.231 e. The van der Waals surface area contributed by atoms with Gasteiger partial charge in [0.25, 0.3) is 0 Å². The van der Waals surface area contributed by atoms with Crippen LogP contribution in [0.3, 0.4) is 0 Å². The number of fused-ring (bicyclic) bond motifs is 1. The average Bonchev–Trinajstić information content (AvgIpc) is 3.13. The second kappa shape index (κ2) is 5.82. The van der Waals surface area contributed by atoms with Gasteiger partial charge < -0.3 is 14.2 Å². The molecule has 21 heavy (non-hydrogen) atoms. The van der Waals surface area contributed by atoms with Crippen molar-refractivity contribution in [2.75, 3.05) is 39.4 Å². The third-order valence-corrected chi connectivity index (χ3v) is 5.76. The van der Waals surface area contributed by atoms with Gasteiger partial charge in [-0.15, -0.1) is 0 Å². The minimum Gasteiger partial charge on any atom is -0.454 e. The summed E-state index contributed by atoms with van der Waals surface area (Å²) < 4.78 is 41.4. The normalized spacial score (nSPS) is 21.9. The van der Waals surface area contributed by atoms with Crippen molar-refractivity contribution in [3.05, 3.63) is 23.8 Å². The minimum atomic E-state index is -3.22. The number of benzene rings is 1. The third kappa shape index (κ3) is 3.00. The van der Waals surface area contributed by atoms with Crippen LogP contribution in [0.4, 0.5) is 0 Å². The monoisotopic (exact) mass is 313 g/mol. The van der Waals surface area contributed by atoms with Gasteiger partial charge in [0, 0.05) is 20.2 Å². The van der Waals surface area contributed by atoms with Crippen molar-refractivity contribution in [1.29, 1.82) is 0 Å². The summed E-state index contributed by atoms with van der Waals surface area (Å²) in [5.41, 5.74) is 1.10. The SMILES string of the molecule is COCCS(=O)(=O)N1CCC(c2ccc3c(c2)OCO3)C1. The first-order valence-electron chi connectivity index (χ1n) is 6.96. The number of hydrogen-bond acceptors (Lipinski definition) is 5. The first-order valence-corrected chi connectivity index (χ1v) is 8.57. The van der Waals surface area contributed by atoms with E-state index in [-0.39, 0.29) is 25.1 Å². The zero-order valence-electron chi connectivity index (χ0n) is 11.9. The van der Waals surface area contributed by atoms with Crippen LogP contribution < -0.4 is 9.47 Å². The Balaban J connectivity index is 1.70. The average molecular weight is 313 g/mol. The number of rotatable bonds is 5. The van der Waals surface area contributed by atoms with Gasteiger partial charge in [0.15, 0.2) is 11.5 Å². The fourth-order valence-electron chi connectivity index (χ4n) is 2.74. The van der Waals surface area contributed by atoms with Crippen molar-refractivity contribution in [2.45, 2.75) is 12.3 Å². The summed E-state index contributed by atoms with van der Waals surface area (Å²) in [6.07, 6.45) is 0.825. The van der Waals surface area contributed by atoms with Crippen LogP contribution in [-0.2, 0) is 14.8 Å². The summed E-state index contributed by atoms with van der Waals surface area (Å²) in [6.45, 7) is 1.56. The predicted molar refractivity (Wildman–Crippen MR) is 77.2 cm³/mol. The molecule has 1 fully saturated rings. The maximum absolute atomic E-state index is 12.2. The molecular formula is C14H19NO5S. The van der Waals surface area contributed by atoms with Crippen LogP contribution in [0.1, 0.15) is 17.9 Å². The van der Waals surface area contributed by atoms with E-state index in [4.69, 9.17) is 14.2 Å². The largest absolute Gasteiger partial charge is 0.454 e. The third-order valence-electron chi connectivity index (χ3n) is 3.96. The quantitative estimate of drug-likeness (QED) is 0.817. The molecule has 0 spiro atoms. The molecule has 0 aromatic heterocycles. The summed E-state index contributed by atoms with van der Waals surface area (Å²) in [4.78, 5) is 0. The number of nitrogens with zero attached hydrogens (tertiary/aromatic N) is 1. The van der Waals surface area contributed by atoms with E-state index in [1.807, 2.05) is 18.2 Å². The van der Waals surface area contributed by atoms with E-state index in [0.29, 0.717) is 13.1 Å². The Morgan fingerprint density at radius 1 is 1.33 bits per heavy atom. The summed E-state index contributed by atoms with van der Waals surface area (Å²) in [5.74, 6) is 1.74. The zero-order valence-corrected chi connectivity index (χ0v) is 12.8. The highest BCUT2D eigenvalue weighted by Crippen LogP contribution is 2.37. The fraction of sp³-hybridized carbons (Fsp3) is 0.571. The highest BCUT2D eigenvalue weighted by atomic mass is 32.2. The molecule has 0 N–H and O–H groups in total. The second-order valence-corrected chi connectivity index (χ2v) is 7.35. The van der Waals surface area contributed by atoms with Crippen LogP contribution in [-0.4, -0.2) is 52.1 Å². The van der Waals surface area contributed by atoms with E-state index in [0.717, 1.165) is 23.5 Å². The molecule has 7 heteroatoms. The predicted octanol–water partition coefficient (Wildman–Crippen LogP) is 1.18. The molecule has 1 aromatic carbocycles. The maximum Gasteiger partial charge on any atom is 0.231 e. The topological polar surface area (TPSA) is 65.1 Å². The first kappa shape index (κ1) is 14.6. The lowest BCUT2D eigenvalue weighted by molar-refractivity contribution is 0.174. The molecule has 0 radical (unpaired) electrons. The van der Waals surface area contributed by atoms with Gasteiger partial charge in [-0.1, -0.05) is 6.07 Å². The van der Waals surface area contributed by atoms with E-state index >= 15 is 0 Å². The molecule has 0 aliphatic carbocycles. The van der Waals surface area contributed by atoms with Gasteiger partial charge in [-0.25, -0.2) is 12.7 Å². The maximum atomic E-state index is 12.2. The Labute approximate surface area is 124 Å². The molecule has 1 atom stereocenters. The molecule has 2 aliphatic rings. The Bertz CT molecular complexity index is 616. The molecule has 6 nitrogen and oxygen atoms in total. The van der Waals surface area contributed by atoms with Crippen LogP contribution in [0.25, 0.3) is 0 Å². The molecule has 3 rings (SSSR count). The highest BCUT2D eigenvalue weighted by molar-refractivity contribution is 7.89. The van der Waals surface area contributed by atoms with Gasteiger partial charge in [0.05, 0.1) is 12.4 Å². The summed E-state index contributed by atoms with van der Waals surface area (Å²) >= 11 is 0. The second-order valence-electron chi connectivity index (χ2n) is 5.27. The molecule has 2 heterocycles. The van der Waals surface area contributed by atoms with Crippen molar-refractivity contribution in [1.82, 2.24) is 4.31 Å². The fourth-order valence-corrected chi connectivity index (χ4v) is 4.16. The van der Waals surface area contributed by atoms with E-state index in [2.05, 4.69) is 0 Å².